The number of hydrogen-bond donors (Lipinski definition) is 2. The lowest BCUT2D eigenvalue weighted by molar-refractivity contribution is 0.814. The van der Waals surface area contributed by atoms with Gasteiger partial charge in [-0.3, -0.25) is 0 Å². The molecule has 0 saturated carbocycles. The van der Waals surface area contributed by atoms with Crippen molar-refractivity contribution in [3.63, 3.8) is 0 Å². The molecule has 0 aromatic carbocycles. The van der Waals surface area contributed by atoms with Crippen LogP contribution in [0.15, 0.2) is 15.9 Å². The Labute approximate surface area is 130 Å². The van der Waals surface area contributed by atoms with Gasteiger partial charge in [-0.1, -0.05) is 0 Å². The van der Waals surface area contributed by atoms with Crippen LogP contribution < -0.4 is 16.0 Å². The summed E-state index contributed by atoms with van der Waals surface area (Å²) in [5.74, 6) is 1.35. The summed E-state index contributed by atoms with van der Waals surface area (Å²) in [6.07, 6.45) is 0. The predicted octanol–water partition coefficient (Wildman–Crippen LogP) is 2.74. The fourth-order valence-corrected chi connectivity index (χ4v) is 3.11. The Morgan fingerprint density at radius 2 is 2.05 bits per heavy atom. The van der Waals surface area contributed by atoms with Crippen molar-refractivity contribution in [3.8, 4) is 0 Å². The molecule has 8 heteroatoms. The number of anilines is 3. The predicted molar refractivity (Wildman–Crippen MR) is 87.1 cm³/mol. The molecule has 0 amide bonds. The van der Waals surface area contributed by atoms with Gasteiger partial charge in [-0.05, 0) is 35.8 Å². The van der Waals surface area contributed by atoms with E-state index in [1.54, 1.807) is 11.3 Å². The van der Waals surface area contributed by atoms with Gasteiger partial charge in [0.05, 0.1) is 6.54 Å². The number of aromatic nitrogens is 3. The van der Waals surface area contributed by atoms with Gasteiger partial charge in [0.1, 0.15) is 0 Å². The van der Waals surface area contributed by atoms with Crippen molar-refractivity contribution < 1.29 is 0 Å². The summed E-state index contributed by atoms with van der Waals surface area (Å²) in [4.78, 5) is 15.9. The summed E-state index contributed by atoms with van der Waals surface area (Å²) in [5, 5.41) is 5.22. The zero-order valence-corrected chi connectivity index (χ0v) is 13.8. The molecular formula is C12H17BrN6S. The number of nitrogens with one attached hydrogen (secondary N) is 1. The van der Waals surface area contributed by atoms with Crippen molar-refractivity contribution in [1.82, 2.24) is 15.0 Å². The van der Waals surface area contributed by atoms with Gasteiger partial charge in [-0.25, -0.2) is 0 Å². The summed E-state index contributed by atoms with van der Waals surface area (Å²) in [7, 11) is 0. The van der Waals surface area contributed by atoms with Gasteiger partial charge in [0.25, 0.3) is 0 Å². The lowest BCUT2D eigenvalue weighted by Crippen LogP contribution is -2.25. The van der Waals surface area contributed by atoms with Gasteiger partial charge in [-0.2, -0.15) is 15.0 Å². The lowest BCUT2D eigenvalue weighted by Gasteiger charge is -2.18. The summed E-state index contributed by atoms with van der Waals surface area (Å²) in [5.41, 5.74) is 5.75. The number of thiophene rings is 1. The number of nitrogens with two attached hydrogens (primary N) is 1. The smallest absolute Gasteiger partial charge is 0.231 e. The minimum absolute atomic E-state index is 0.233. The third kappa shape index (κ3) is 3.80. The molecule has 0 unspecified atom stereocenters. The van der Waals surface area contributed by atoms with E-state index in [9.17, 15) is 0 Å². The summed E-state index contributed by atoms with van der Waals surface area (Å²) >= 11 is 5.10. The Kier molecular flexibility index (Phi) is 5.13. The van der Waals surface area contributed by atoms with Gasteiger partial charge in [0.2, 0.25) is 17.8 Å². The molecular weight excluding hydrogens is 340 g/mol. The molecule has 108 valence electrons. The van der Waals surface area contributed by atoms with Gasteiger partial charge < -0.3 is 16.0 Å². The van der Waals surface area contributed by atoms with Crippen LogP contribution in [-0.4, -0.2) is 28.0 Å². The summed E-state index contributed by atoms with van der Waals surface area (Å²) in [6.45, 7) is 6.44. The molecule has 2 aromatic heterocycles. The van der Waals surface area contributed by atoms with Crippen LogP contribution in [0, 0.1) is 0 Å². The van der Waals surface area contributed by atoms with E-state index in [4.69, 9.17) is 5.73 Å². The van der Waals surface area contributed by atoms with Crippen molar-refractivity contribution in [1.29, 1.82) is 0 Å². The highest BCUT2D eigenvalue weighted by molar-refractivity contribution is 9.10. The van der Waals surface area contributed by atoms with E-state index in [2.05, 4.69) is 56.1 Å². The highest BCUT2D eigenvalue weighted by Crippen LogP contribution is 2.20. The first-order valence-corrected chi connectivity index (χ1v) is 8.03. The molecule has 0 bridgehead atoms. The summed E-state index contributed by atoms with van der Waals surface area (Å²) < 4.78 is 1.08. The first-order valence-electron chi connectivity index (χ1n) is 6.35. The first kappa shape index (κ1) is 15.0. The second-order valence-corrected chi connectivity index (χ2v) is 5.99. The zero-order valence-electron chi connectivity index (χ0n) is 11.4. The molecule has 2 aromatic rings. The molecule has 0 spiro atoms. The number of hydrogen-bond acceptors (Lipinski definition) is 7. The van der Waals surface area contributed by atoms with Crippen molar-refractivity contribution in [2.75, 3.05) is 29.0 Å². The van der Waals surface area contributed by atoms with Crippen LogP contribution in [0.2, 0.25) is 0 Å². The van der Waals surface area contributed by atoms with Gasteiger partial charge in [-0.15, -0.1) is 11.3 Å². The highest BCUT2D eigenvalue weighted by atomic mass is 79.9. The van der Waals surface area contributed by atoms with E-state index in [0.29, 0.717) is 18.4 Å². The van der Waals surface area contributed by atoms with E-state index in [-0.39, 0.29) is 5.95 Å². The molecule has 6 nitrogen and oxygen atoms in total. The Balaban J connectivity index is 2.11. The monoisotopic (exact) mass is 356 g/mol. The standard InChI is InChI=1S/C12H17BrN6S/c1-3-19(4-2)12-17-10(14)16-11(18-12)15-6-9-5-8(13)7-20-9/h5,7H,3-4,6H2,1-2H3,(H3,14,15,16,17,18). The zero-order chi connectivity index (χ0) is 14.5. The Morgan fingerprint density at radius 3 is 2.65 bits per heavy atom. The molecule has 0 atom stereocenters. The summed E-state index contributed by atoms with van der Waals surface area (Å²) in [6, 6.07) is 2.06. The Bertz CT molecular complexity index is 569. The largest absolute Gasteiger partial charge is 0.368 e. The molecule has 2 rings (SSSR count). The number of nitrogen functional groups attached to an aromatic ring is 1. The van der Waals surface area contributed by atoms with E-state index >= 15 is 0 Å². The molecule has 0 aliphatic rings. The minimum Gasteiger partial charge on any atom is -0.368 e. The maximum atomic E-state index is 5.75. The second-order valence-electron chi connectivity index (χ2n) is 4.07. The fraction of sp³-hybridized carbons (Fsp3) is 0.417. The van der Waals surface area contributed by atoms with E-state index < -0.39 is 0 Å². The molecule has 20 heavy (non-hydrogen) atoms. The molecule has 0 fully saturated rings. The third-order valence-electron chi connectivity index (χ3n) is 2.73. The normalized spacial score (nSPS) is 10.6. The van der Waals surface area contributed by atoms with Crippen molar-refractivity contribution in [3.05, 3.63) is 20.8 Å². The Morgan fingerprint density at radius 1 is 1.30 bits per heavy atom. The van der Waals surface area contributed by atoms with Crippen LogP contribution in [0.25, 0.3) is 0 Å². The van der Waals surface area contributed by atoms with Gasteiger partial charge >= 0.3 is 0 Å². The van der Waals surface area contributed by atoms with Crippen LogP contribution in [0.4, 0.5) is 17.8 Å². The first-order chi connectivity index (χ1) is 9.62. The molecule has 0 aliphatic heterocycles. The highest BCUT2D eigenvalue weighted by Gasteiger charge is 2.09. The molecule has 0 radical (unpaired) electrons. The molecule has 2 heterocycles. The number of rotatable bonds is 6. The maximum Gasteiger partial charge on any atom is 0.231 e. The molecule has 0 saturated heterocycles. The Hall–Kier alpha value is -1.41. The molecule has 3 N–H and O–H groups in total. The van der Waals surface area contributed by atoms with Crippen LogP contribution in [0.5, 0.6) is 0 Å². The molecule has 0 aliphatic carbocycles. The average Bonchev–Trinajstić information content (AvgIpc) is 2.83. The number of nitrogens with zero attached hydrogens (tertiary/aromatic N) is 4. The topological polar surface area (TPSA) is 80.0 Å². The lowest BCUT2D eigenvalue weighted by atomic mass is 10.5. The van der Waals surface area contributed by atoms with Gasteiger partial charge in [0, 0.05) is 27.8 Å². The second kappa shape index (κ2) is 6.85. The van der Waals surface area contributed by atoms with Crippen LogP contribution in [-0.2, 0) is 6.54 Å². The maximum absolute atomic E-state index is 5.75. The van der Waals surface area contributed by atoms with Crippen molar-refractivity contribution >= 4 is 45.1 Å². The average molecular weight is 357 g/mol. The minimum atomic E-state index is 0.233. The SMILES string of the molecule is CCN(CC)c1nc(N)nc(NCc2cc(Br)cs2)n1. The van der Waals surface area contributed by atoms with E-state index in [1.165, 1.54) is 4.88 Å². The van der Waals surface area contributed by atoms with E-state index in [1.807, 2.05) is 10.3 Å². The van der Waals surface area contributed by atoms with Crippen LogP contribution >= 0.6 is 27.3 Å². The van der Waals surface area contributed by atoms with Crippen LogP contribution in [0.1, 0.15) is 18.7 Å². The third-order valence-corrected chi connectivity index (χ3v) is 4.43. The van der Waals surface area contributed by atoms with Gasteiger partial charge in [0.15, 0.2) is 0 Å². The number of halogens is 1. The van der Waals surface area contributed by atoms with Crippen molar-refractivity contribution in [2.45, 2.75) is 20.4 Å². The van der Waals surface area contributed by atoms with E-state index in [0.717, 1.165) is 17.6 Å². The fourth-order valence-electron chi connectivity index (χ4n) is 1.72. The van der Waals surface area contributed by atoms with Crippen molar-refractivity contribution in [2.24, 2.45) is 0 Å². The quantitative estimate of drug-likeness (QED) is 0.828. The van der Waals surface area contributed by atoms with Crippen LogP contribution in [0.3, 0.4) is 0 Å².